The zero-order valence-corrected chi connectivity index (χ0v) is 16.4. The molecule has 1 saturated heterocycles. The summed E-state index contributed by atoms with van der Waals surface area (Å²) in [5.41, 5.74) is 2.53. The summed E-state index contributed by atoms with van der Waals surface area (Å²) in [5, 5.41) is 0. The van der Waals surface area contributed by atoms with E-state index in [1.54, 1.807) is 36.2 Å². The Balaban J connectivity index is 1.62. The molecule has 0 radical (unpaired) electrons. The van der Waals surface area contributed by atoms with Crippen LogP contribution >= 0.6 is 0 Å². The Morgan fingerprint density at radius 2 is 1.82 bits per heavy atom. The van der Waals surface area contributed by atoms with Crippen molar-refractivity contribution in [2.24, 2.45) is 0 Å². The van der Waals surface area contributed by atoms with Crippen LogP contribution in [-0.4, -0.2) is 66.6 Å². The summed E-state index contributed by atoms with van der Waals surface area (Å²) in [5.74, 6) is -0.0663. The Kier molecular flexibility index (Phi) is 6.47. The third-order valence-corrected chi connectivity index (χ3v) is 4.75. The lowest BCUT2D eigenvalue weighted by atomic mass is 10.2. The lowest BCUT2D eigenvalue weighted by Crippen LogP contribution is -2.49. The molecule has 0 N–H and O–H groups in total. The molecule has 0 atom stereocenters. The molecule has 2 amide bonds. The van der Waals surface area contributed by atoms with Gasteiger partial charge in [0.15, 0.2) is 0 Å². The van der Waals surface area contributed by atoms with E-state index in [0.29, 0.717) is 44.9 Å². The van der Waals surface area contributed by atoms with Crippen LogP contribution in [0.5, 0.6) is 0 Å². The number of aromatic nitrogens is 1. The van der Waals surface area contributed by atoms with E-state index in [-0.39, 0.29) is 12.0 Å². The van der Waals surface area contributed by atoms with E-state index in [1.165, 1.54) is 0 Å². The minimum atomic E-state index is -0.272. The number of hydrogen-bond donors (Lipinski definition) is 0. The zero-order chi connectivity index (χ0) is 19.9. The van der Waals surface area contributed by atoms with E-state index < -0.39 is 0 Å². The Morgan fingerprint density at radius 1 is 1.11 bits per heavy atom. The van der Waals surface area contributed by atoms with Crippen LogP contribution in [0.25, 0.3) is 0 Å². The van der Waals surface area contributed by atoms with Crippen LogP contribution in [0.3, 0.4) is 0 Å². The second-order valence-electron chi connectivity index (χ2n) is 6.75. The second-order valence-corrected chi connectivity index (χ2v) is 6.75. The quantitative estimate of drug-likeness (QED) is 0.795. The standard InChI is InChI=1S/C21H26N4O3/c1-3-28-21(27)25-11-9-24(10-12-25)19-13-18(14-22-15-19)20(26)23(2)16-17-7-5-4-6-8-17/h4-8,13-15H,3,9-12,16H2,1-2H3. The molecule has 3 rings (SSSR count). The van der Waals surface area contributed by atoms with E-state index in [2.05, 4.69) is 9.88 Å². The van der Waals surface area contributed by atoms with Crippen LogP contribution in [0.1, 0.15) is 22.8 Å². The van der Waals surface area contributed by atoms with Gasteiger partial charge >= 0.3 is 6.09 Å². The molecular formula is C21H26N4O3. The number of amides is 2. The third-order valence-electron chi connectivity index (χ3n) is 4.75. The van der Waals surface area contributed by atoms with Gasteiger partial charge in [0.25, 0.3) is 5.91 Å². The molecule has 1 fully saturated rings. The van der Waals surface area contributed by atoms with Gasteiger partial charge in [0.05, 0.1) is 24.1 Å². The summed E-state index contributed by atoms with van der Waals surface area (Å²) in [7, 11) is 1.79. The first-order chi connectivity index (χ1) is 13.6. The Morgan fingerprint density at radius 3 is 2.50 bits per heavy atom. The van der Waals surface area contributed by atoms with Gasteiger partial charge in [0.1, 0.15) is 0 Å². The SMILES string of the molecule is CCOC(=O)N1CCN(c2cncc(C(=O)N(C)Cc3ccccc3)c2)CC1. The normalized spacial score (nSPS) is 13.9. The number of piperazine rings is 1. The Labute approximate surface area is 165 Å². The molecule has 1 aromatic heterocycles. The van der Waals surface area contributed by atoms with Crippen LogP contribution in [0.4, 0.5) is 10.5 Å². The Bertz CT molecular complexity index is 804. The van der Waals surface area contributed by atoms with Gasteiger partial charge in [-0.2, -0.15) is 0 Å². The molecule has 2 heterocycles. The lowest BCUT2D eigenvalue weighted by Gasteiger charge is -2.35. The maximum atomic E-state index is 12.8. The number of nitrogens with zero attached hydrogens (tertiary/aromatic N) is 4. The monoisotopic (exact) mass is 382 g/mol. The predicted octanol–water partition coefficient (Wildman–Crippen LogP) is 2.63. The van der Waals surface area contributed by atoms with E-state index in [0.717, 1.165) is 11.3 Å². The molecule has 7 nitrogen and oxygen atoms in total. The predicted molar refractivity (Wildman–Crippen MR) is 107 cm³/mol. The van der Waals surface area contributed by atoms with Gasteiger partial charge in [-0.3, -0.25) is 9.78 Å². The van der Waals surface area contributed by atoms with Crippen molar-refractivity contribution in [2.45, 2.75) is 13.5 Å². The maximum Gasteiger partial charge on any atom is 0.409 e. The highest BCUT2D eigenvalue weighted by atomic mass is 16.6. The number of carbonyl (C=O) groups is 2. The summed E-state index contributed by atoms with van der Waals surface area (Å²) in [4.78, 5) is 34.4. The van der Waals surface area contributed by atoms with Crippen LogP contribution in [-0.2, 0) is 11.3 Å². The average Bonchev–Trinajstić information content (AvgIpc) is 2.74. The molecular weight excluding hydrogens is 356 g/mol. The molecule has 148 valence electrons. The fourth-order valence-corrected chi connectivity index (χ4v) is 3.23. The average molecular weight is 382 g/mol. The van der Waals surface area contributed by atoms with E-state index >= 15 is 0 Å². The number of rotatable bonds is 5. The minimum absolute atomic E-state index is 0.0663. The van der Waals surface area contributed by atoms with E-state index in [4.69, 9.17) is 4.74 Å². The number of benzene rings is 1. The summed E-state index contributed by atoms with van der Waals surface area (Å²) in [6.07, 6.45) is 3.09. The first-order valence-corrected chi connectivity index (χ1v) is 9.49. The van der Waals surface area contributed by atoms with Gasteiger partial charge in [-0.15, -0.1) is 0 Å². The van der Waals surface area contributed by atoms with Crippen molar-refractivity contribution in [1.82, 2.24) is 14.8 Å². The van der Waals surface area contributed by atoms with Gasteiger partial charge in [-0.1, -0.05) is 30.3 Å². The largest absolute Gasteiger partial charge is 0.450 e. The number of anilines is 1. The van der Waals surface area contributed by atoms with E-state index in [9.17, 15) is 9.59 Å². The van der Waals surface area contributed by atoms with Crippen LogP contribution in [0, 0.1) is 0 Å². The molecule has 1 aliphatic rings. The lowest BCUT2D eigenvalue weighted by molar-refractivity contribution is 0.0784. The van der Waals surface area contributed by atoms with Crippen molar-refractivity contribution in [3.63, 3.8) is 0 Å². The van der Waals surface area contributed by atoms with Crippen molar-refractivity contribution in [2.75, 3.05) is 44.7 Å². The molecule has 7 heteroatoms. The molecule has 2 aromatic rings. The van der Waals surface area contributed by atoms with Gasteiger partial charge in [0.2, 0.25) is 0 Å². The third kappa shape index (κ3) is 4.79. The number of ether oxygens (including phenoxy) is 1. The minimum Gasteiger partial charge on any atom is -0.450 e. The first-order valence-electron chi connectivity index (χ1n) is 9.49. The number of carbonyl (C=O) groups excluding carboxylic acids is 2. The van der Waals surface area contributed by atoms with Gasteiger partial charge in [0, 0.05) is 46.0 Å². The summed E-state index contributed by atoms with van der Waals surface area (Å²) < 4.78 is 5.05. The molecule has 0 saturated carbocycles. The van der Waals surface area contributed by atoms with Gasteiger partial charge in [-0.25, -0.2) is 4.79 Å². The zero-order valence-electron chi connectivity index (χ0n) is 16.4. The molecule has 0 aliphatic carbocycles. The fraction of sp³-hybridized carbons (Fsp3) is 0.381. The van der Waals surface area contributed by atoms with Crippen molar-refractivity contribution in [1.29, 1.82) is 0 Å². The number of pyridine rings is 1. The molecule has 0 bridgehead atoms. The highest BCUT2D eigenvalue weighted by Gasteiger charge is 2.23. The van der Waals surface area contributed by atoms with Gasteiger partial charge < -0.3 is 19.4 Å². The molecule has 1 aromatic carbocycles. The fourth-order valence-electron chi connectivity index (χ4n) is 3.23. The highest BCUT2D eigenvalue weighted by molar-refractivity contribution is 5.94. The van der Waals surface area contributed by atoms with Crippen LogP contribution in [0.15, 0.2) is 48.8 Å². The summed E-state index contributed by atoms with van der Waals surface area (Å²) >= 11 is 0. The van der Waals surface area contributed by atoms with Crippen molar-refractivity contribution >= 4 is 17.7 Å². The van der Waals surface area contributed by atoms with Crippen molar-refractivity contribution < 1.29 is 14.3 Å². The second kappa shape index (κ2) is 9.21. The van der Waals surface area contributed by atoms with Gasteiger partial charge in [-0.05, 0) is 18.6 Å². The smallest absolute Gasteiger partial charge is 0.409 e. The molecule has 28 heavy (non-hydrogen) atoms. The first kappa shape index (κ1) is 19.7. The molecule has 0 spiro atoms. The topological polar surface area (TPSA) is 66.0 Å². The Hall–Kier alpha value is -3.09. The van der Waals surface area contributed by atoms with Crippen LogP contribution < -0.4 is 4.90 Å². The molecule has 0 unspecified atom stereocenters. The highest BCUT2D eigenvalue weighted by Crippen LogP contribution is 2.18. The maximum absolute atomic E-state index is 12.8. The van der Waals surface area contributed by atoms with E-state index in [1.807, 2.05) is 36.4 Å². The molecule has 1 aliphatic heterocycles. The summed E-state index contributed by atoms with van der Waals surface area (Å²) in [6.45, 7) is 5.26. The van der Waals surface area contributed by atoms with Crippen molar-refractivity contribution in [3.05, 3.63) is 59.9 Å². The summed E-state index contributed by atoms with van der Waals surface area (Å²) in [6, 6.07) is 11.8. The van der Waals surface area contributed by atoms with Crippen molar-refractivity contribution in [3.8, 4) is 0 Å². The van der Waals surface area contributed by atoms with Crippen LogP contribution in [0.2, 0.25) is 0 Å². The number of hydrogen-bond acceptors (Lipinski definition) is 5.